The molecule has 1 aliphatic rings. The Kier molecular flexibility index (Phi) is 4.78. The first-order valence-electron chi connectivity index (χ1n) is 7.23. The molecule has 10 heteroatoms. The third-order valence-corrected chi connectivity index (χ3v) is 6.21. The fraction of sp³-hybridized carbons (Fsp3) is 0.357. The number of sulfonamides is 1. The number of hydrogen-bond acceptors (Lipinski definition) is 8. The van der Waals surface area contributed by atoms with Gasteiger partial charge in [0.15, 0.2) is 5.82 Å². The van der Waals surface area contributed by atoms with Crippen LogP contribution in [0, 0.1) is 0 Å². The van der Waals surface area contributed by atoms with Crippen molar-refractivity contribution in [2.75, 3.05) is 38.2 Å². The quantitative estimate of drug-likeness (QED) is 0.738. The van der Waals surface area contributed by atoms with E-state index in [1.807, 2.05) is 4.90 Å². The van der Waals surface area contributed by atoms with Crippen molar-refractivity contribution >= 4 is 33.5 Å². The average Bonchev–Trinajstić information content (AvgIpc) is 3.16. The van der Waals surface area contributed by atoms with Gasteiger partial charge in [-0.1, -0.05) is 0 Å². The maximum Gasteiger partial charge on any atom is 0.337 e. The Labute approximate surface area is 144 Å². The van der Waals surface area contributed by atoms with Crippen LogP contribution in [0.1, 0.15) is 10.4 Å². The van der Waals surface area contributed by atoms with Crippen LogP contribution >= 0.6 is 11.7 Å². The Hall–Kier alpha value is -2.04. The predicted molar refractivity (Wildman–Crippen MR) is 88.7 cm³/mol. The molecule has 0 aliphatic carbocycles. The number of carbonyl (C=O) groups excluding carboxylic acids is 1. The smallest absolute Gasteiger partial charge is 0.337 e. The molecular formula is C14H16N4O4S2. The number of aromatic nitrogens is 2. The van der Waals surface area contributed by atoms with Crippen LogP contribution in [0.2, 0.25) is 0 Å². The molecule has 2 heterocycles. The molecule has 1 fully saturated rings. The first kappa shape index (κ1) is 16.8. The molecule has 2 aromatic rings. The van der Waals surface area contributed by atoms with E-state index >= 15 is 0 Å². The van der Waals surface area contributed by atoms with E-state index in [2.05, 4.69) is 13.5 Å². The van der Waals surface area contributed by atoms with E-state index in [4.69, 9.17) is 0 Å². The van der Waals surface area contributed by atoms with Gasteiger partial charge in [-0.3, -0.25) is 0 Å². The van der Waals surface area contributed by atoms with Gasteiger partial charge in [0.05, 0.1) is 35.5 Å². The van der Waals surface area contributed by atoms with Gasteiger partial charge in [0.25, 0.3) is 0 Å². The molecule has 24 heavy (non-hydrogen) atoms. The van der Waals surface area contributed by atoms with Crippen LogP contribution < -0.4 is 4.90 Å². The van der Waals surface area contributed by atoms with Crippen LogP contribution in [0.3, 0.4) is 0 Å². The summed E-state index contributed by atoms with van der Waals surface area (Å²) in [6.45, 7) is 1.87. The monoisotopic (exact) mass is 368 g/mol. The largest absolute Gasteiger partial charge is 0.465 e. The summed E-state index contributed by atoms with van der Waals surface area (Å²) < 4.78 is 39.6. The number of rotatable bonds is 4. The van der Waals surface area contributed by atoms with E-state index in [0.717, 1.165) is 17.5 Å². The van der Waals surface area contributed by atoms with Crippen molar-refractivity contribution in [3.8, 4) is 0 Å². The van der Waals surface area contributed by atoms with Crippen LogP contribution in [-0.2, 0) is 14.8 Å². The Morgan fingerprint density at radius 1 is 1.17 bits per heavy atom. The number of methoxy groups -OCH3 is 1. The molecular weight excluding hydrogens is 352 g/mol. The molecule has 0 amide bonds. The van der Waals surface area contributed by atoms with Crippen molar-refractivity contribution in [1.82, 2.24) is 13.1 Å². The number of benzene rings is 1. The lowest BCUT2D eigenvalue weighted by atomic mass is 10.2. The van der Waals surface area contributed by atoms with Crippen LogP contribution in [0.4, 0.5) is 5.82 Å². The summed E-state index contributed by atoms with van der Waals surface area (Å²) in [5.74, 6) is 0.281. The van der Waals surface area contributed by atoms with Gasteiger partial charge in [-0.05, 0) is 24.3 Å². The van der Waals surface area contributed by atoms with Crippen molar-refractivity contribution in [3.63, 3.8) is 0 Å². The second-order valence-corrected chi connectivity index (χ2v) is 7.67. The molecule has 0 N–H and O–H groups in total. The maximum atomic E-state index is 12.7. The molecule has 0 unspecified atom stereocenters. The molecule has 0 spiro atoms. The second kappa shape index (κ2) is 6.83. The minimum atomic E-state index is -3.58. The fourth-order valence-electron chi connectivity index (χ4n) is 2.49. The van der Waals surface area contributed by atoms with Crippen molar-refractivity contribution in [2.45, 2.75) is 4.90 Å². The SMILES string of the molecule is COC(=O)c1ccc(S(=O)(=O)N2CCN(c3cnsn3)CC2)cc1. The molecule has 1 aromatic carbocycles. The molecule has 0 atom stereocenters. The molecule has 0 saturated carbocycles. The third-order valence-electron chi connectivity index (χ3n) is 3.83. The number of piperazine rings is 1. The van der Waals surface area contributed by atoms with Gasteiger partial charge in [-0.25, -0.2) is 13.2 Å². The Bertz CT molecular complexity index is 798. The lowest BCUT2D eigenvalue weighted by Crippen LogP contribution is -2.48. The summed E-state index contributed by atoms with van der Waals surface area (Å²) in [6, 6.07) is 5.77. The summed E-state index contributed by atoms with van der Waals surface area (Å²) in [5, 5.41) is 0. The molecule has 128 valence electrons. The molecule has 3 rings (SSSR count). The maximum absolute atomic E-state index is 12.7. The van der Waals surface area contributed by atoms with Gasteiger partial charge in [-0.15, -0.1) is 0 Å². The number of carbonyl (C=O) groups is 1. The minimum Gasteiger partial charge on any atom is -0.465 e. The highest BCUT2D eigenvalue weighted by molar-refractivity contribution is 7.89. The second-order valence-electron chi connectivity index (χ2n) is 5.17. The van der Waals surface area contributed by atoms with Crippen molar-refractivity contribution in [1.29, 1.82) is 0 Å². The van der Waals surface area contributed by atoms with E-state index in [1.165, 1.54) is 35.7 Å². The van der Waals surface area contributed by atoms with E-state index < -0.39 is 16.0 Å². The topological polar surface area (TPSA) is 92.7 Å². The number of esters is 1. The van der Waals surface area contributed by atoms with Gasteiger partial charge in [0.2, 0.25) is 10.0 Å². The Balaban J connectivity index is 1.71. The van der Waals surface area contributed by atoms with Crippen molar-refractivity contribution in [3.05, 3.63) is 36.0 Å². The summed E-state index contributed by atoms with van der Waals surface area (Å²) in [5.41, 5.74) is 0.317. The Morgan fingerprint density at radius 2 is 1.83 bits per heavy atom. The van der Waals surface area contributed by atoms with Crippen LogP contribution in [0.15, 0.2) is 35.4 Å². The highest BCUT2D eigenvalue weighted by atomic mass is 32.2. The van der Waals surface area contributed by atoms with Gasteiger partial charge in [0.1, 0.15) is 0 Å². The minimum absolute atomic E-state index is 0.166. The first-order valence-corrected chi connectivity index (χ1v) is 9.40. The third kappa shape index (κ3) is 3.25. The molecule has 0 bridgehead atoms. The zero-order valence-corrected chi connectivity index (χ0v) is 14.6. The average molecular weight is 368 g/mol. The summed E-state index contributed by atoms with van der Waals surface area (Å²) in [6.07, 6.45) is 1.68. The molecule has 8 nitrogen and oxygen atoms in total. The van der Waals surface area contributed by atoms with Crippen molar-refractivity contribution < 1.29 is 17.9 Å². The van der Waals surface area contributed by atoms with E-state index in [-0.39, 0.29) is 4.90 Å². The number of nitrogens with zero attached hydrogens (tertiary/aromatic N) is 4. The highest BCUT2D eigenvalue weighted by Gasteiger charge is 2.29. The summed E-state index contributed by atoms with van der Waals surface area (Å²) >= 11 is 1.13. The summed E-state index contributed by atoms with van der Waals surface area (Å²) in [4.78, 5) is 13.6. The number of hydrogen-bond donors (Lipinski definition) is 0. The fourth-order valence-corrected chi connectivity index (χ4v) is 4.34. The van der Waals surface area contributed by atoms with Crippen molar-refractivity contribution in [2.24, 2.45) is 0 Å². The zero-order valence-electron chi connectivity index (χ0n) is 13.0. The van der Waals surface area contributed by atoms with Crippen LogP contribution in [0.25, 0.3) is 0 Å². The van der Waals surface area contributed by atoms with Gasteiger partial charge in [0, 0.05) is 26.2 Å². The predicted octanol–water partition coefficient (Wildman–Crippen LogP) is 0.836. The van der Waals surface area contributed by atoms with E-state index in [1.54, 1.807) is 6.20 Å². The molecule has 1 aliphatic heterocycles. The summed E-state index contributed by atoms with van der Waals surface area (Å²) in [7, 11) is -2.30. The molecule has 1 saturated heterocycles. The normalized spacial score (nSPS) is 16.1. The van der Waals surface area contributed by atoms with Crippen LogP contribution in [0.5, 0.6) is 0 Å². The number of ether oxygens (including phenoxy) is 1. The highest BCUT2D eigenvalue weighted by Crippen LogP contribution is 2.20. The lowest BCUT2D eigenvalue weighted by Gasteiger charge is -2.33. The molecule has 1 aromatic heterocycles. The standard InChI is InChI=1S/C14H16N4O4S2/c1-22-14(19)11-2-4-12(5-3-11)24(20,21)18-8-6-17(7-9-18)13-10-15-23-16-13/h2-5,10H,6-9H2,1H3. The van der Waals surface area contributed by atoms with Gasteiger partial charge < -0.3 is 9.64 Å². The van der Waals surface area contributed by atoms with Gasteiger partial charge >= 0.3 is 5.97 Å². The van der Waals surface area contributed by atoms with E-state index in [9.17, 15) is 13.2 Å². The van der Waals surface area contributed by atoms with Gasteiger partial charge in [-0.2, -0.15) is 13.1 Å². The lowest BCUT2D eigenvalue weighted by molar-refractivity contribution is 0.0600. The first-order chi connectivity index (χ1) is 11.5. The zero-order chi connectivity index (χ0) is 17.2. The Morgan fingerprint density at radius 3 is 2.38 bits per heavy atom. The molecule has 0 radical (unpaired) electrons. The number of anilines is 1. The van der Waals surface area contributed by atoms with Crippen LogP contribution in [-0.4, -0.2) is 60.7 Å². The van der Waals surface area contributed by atoms with E-state index in [0.29, 0.717) is 31.7 Å².